The van der Waals surface area contributed by atoms with Crippen molar-refractivity contribution in [3.63, 3.8) is 0 Å². The largest absolute Gasteiger partial charge is 0.481 e. The molecule has 0 amide bonds. The van der Waals surface area contributed by atoms with E-state index in [0.29, 0.717) is 11.9 Å². The van der Waals surface area contributed by atoms with Crippen LogP contribution in [0.15, 0.2) is 42.7 Å². The summed E-state index contributed by atoms with van der Waals surface area (Å²) >= 11 is 0. The minimum Gasteiger partial charge on any atom is -0.481 e. The number of methoxy groups -OCH3 is 1. The van der Waals surface area contributed by atoms with Crippen LogP contribution in [0.3, 0.4) is 0 Å². The lowest BCUT2D eigenvalue weighted by atomic mass is 10.1. The molecule has 0 N–H and O–H groups in total. The van der Waals surface area contributed by atoms with Crippen LogP contribution in [0.5, 0.6) is 5.88 Å². The second-order valence-electron chi connectivity index (χ2n) is 5.09. The van der Waals surface area contributed by atoms with Crippen LogP contribution in [-0.4, -0.2) is 28.5 Å². The quantitative estimate of drug-likeness (QED) is 0.855. The lowest BCUT2D eigenvalue weighted by Gasteiger charge is -2.24. The summed E-state index contributed by atoms with van der Waals surface area (Å²) in [6.45, 7) is 1.97. The number of hydrogen-bond donors (Lipinski definition) is 0. The van der Waals surface area contributed by atoms with Crippen LogP contribution in [0.4, 0.5) is 0 Å². The Morgan fingerprint density at radius 1 is 1.30 bits per heavy atom. The molecule has 0 radical (unpaired) electrons. The standard InChI is InChI=1S/C16H19N3O/c1-20-16-8-2-6-14(18-16)12-19-10-4-7-15(19)13-5-3-9-17-11-13/h2-3,5-6,8-9,11,15H,4,7,10,12H2,1H3. The molecule has 2 aromatic heterocycles. The van der Waals surface area contributed by atoms with Gasteiger partial charge in [-0.1, -0.05) is 12.1 Å². The third-order valence-corrected chi connectivity index (χ3v) is 3.79. The number of nitrogens with zero attached hydrogens (tertiary/aromatic N) is 3. The van der Waals surface area contributed by atoms with Crippen LogP contribution in [0.2, 0.25) is 0 Å². The number of hydrogen-bond acceptors (Lipinski definition) is 4. The van der Waals surface area contributed by atoms with E-state index in [1.165, 1.54) is 18.4 Å². The van der Waals surface area contributed by atoms with Crippen LogP contribution in [-0.2, 0) is 6.54 Å². The number of pyridine rings is 2. The van der Waals surface area contributed by atoms with Crippen molar-refractivity contribution in [2.24, 2.45) is 0 Å². The van der Waals surface area contributed by atoms with Crippen molar-refractivity contribution in [1.29, 1.82) is 0 Å². The van der Waals surface area contributed by atoms with Crippen molar-refractivity contribution in [1.82, 2.24) is 14.9 Å². The average molecular weight is 269 g/mol. The summed E-state index contributed by atoms with van der Waals surface area (Å²) in [6, 6.07) is 10.6. The average Bonchev–Trinajstić information content (AvgIpc) is 2.96. The van der Waals surface area contributed by atoms with Gasteiger partial charge in [0.2, 0.25) is 5.88 Å². The summed E-state index contributed by atoms with van der Waals surface area (Å²) in [5.41, 5.74) is 2.35. The summed E-state index contributed by atoms with van der Waals surface area (Å²) in [4.78, 5) is 11.2. The van der Waals surface area contributed by atoms with Crippen molar-refractivity contribution in [2.45, 2.75) is 25.4 Å². The topological polar surface area (TPSA) is 38.2 Å². The van der Waals surface area contributed by atoms with Gasteiger partial charge in [0.15, 0.2) is 0 Å². The highest BCUT2D eigenvalue weighted by atomic mass is 16.5. The number of ether oxygens (including phenoxy) is 1. The first-order valence-electron chi connectivity index (χ1n) is 7.01. The molecular weight excluding hydrogens is 250 g/mol. The van der Waals surface area contributed by atoms with Crippen molar-refractivity contribution in [3.8, 4) is 5.88 Å². The van der Waals surface area contributed by atoms with Gasteiger partial charge in [-0.25, -0.2) is 4.98 Å². The minimum atomic E-state index is 0.455. The van der Waals surface area contributed by atoms with E-state index < -0.39 is 0 Å². The van der Waals surface area contributed by atoms with Crippen molar-refractivity contribution in [2.75, 3.05) is 13.7 Å². The highest BCUT2D eigenvalue weighted by Crippen LogP contribution is 2.32. The number of likely N-dealkylation sites (tertiary alicyclic amines) is 1. The maximum Gasteiger partial charge on any atom is 0.213 e. The summed E-state index contributed by atoms with van der Waals surface area (Å²) in [5.74, 6) is 0.680. The van der Waals surface area contributed by atoms with Gasteiger partial charge in [-0.05, 0) is 37.1 Å². The predicted octanol–water partition coefficient (Wildman–Crippen LogP) is 2.82. The summed E-state index contributed by atoms with van der Waals surface area (Å²) in [7, 11) is 1.65. The molecule has 1 unspecified atom stereocenters. The Bertz CT molecular complexity index is 559. The first-order valence-corrected chi connectivity index (χ1v) is 7.01. The number of rotatable bonds is 4. The SMILES string of the molecule is COc1cccc(CN2CCCC2c2cccnc2)n1. The zero-order valence-electron chi connectivity index (χ0n) is 11.7. The van der Waals surface area contributed by atoms with Crippen molar-refractivity contribution >= 4 is 0 Å². The Labute approximate surface area is 119 Å². The molecular formula is C16H19N3O. The molecule has 1 aliphatic rings. The molecule has 0 spiro atoms. The van der Waals surface area contributed by atoms with Crippen LogP contribution in [0.25, 0.3) is 0 Å². The van der Waals surface area contributed by atoms with Crippen LogP contribution < -0.4 is 4.74 Å². The molecule has 0 bridgehead atoms. The molecule has 3 heterocycles. The normalized spacial score (nSPS) is 19.1. The zero-order valence-corrected chi connectivity index (χ0v) is 11.7. The van der Waals surface area contributed by atoms with Crippen LogP contribution in [0.1, 0.15) is 30.1 Å². The molecule has 1 saturated heterocycles. The minimum absolute atomic E-state index is 0.455. The van der Waals surface area contributed by atoms with E-state index in [-0.39, 0.29) is 0 Å². The lowest BCUT2D eigenvalue weighted by Crippen LogP contribution is -2.23. The predicted molar refractivity (Wildman–Crippen MR) is 77.4 cm³/mol. The molecule has 0 aliphatic carbocycles. The second kappa shape index (κ2) is 6.01. The van der Waals surface area contributed by atoms with Gasteiger partial charge in [0.05, 0.1) is 12.8 Å². The van der Waals surface area contributed by atoms with E-state index in [4.69, 9.17) is 4.74 Å². The van der Waals surface area contributed by atoms with Gasteiger partial charge in [0.1, 0.15) is 0 Å². The van der Waals surface area contributed by atoms with Gasteiger partial charge >= 0.3 is 0 Å². The second-order valence-corrected chi connectivity index (χ2v) is 5.09. The maximum atomic E-state index is 5.19. The molecule has 1 aliphatic heterocycles. The highest BCUT2D eigenvalue weighted by molar-refractivity contribution is 5.18. The molecule has 104 valence electrons. The summed E-state index contributed by atoms with van der Waals surface area (Å²) in [6.07, 6.45) is 6.22. The molecule has 4 heteroatoms. The maximum absolute atomic E-state index is 5.19. The first kappa shape index (κ1) is 13.1. The van der Waals surface area contributed by atoms with E-state index in [0.717, 1.165) is 18.8 Å². The Morgan fingerprint density at radius 3 is 3.05 bits per heavy atom. The first-order chi connectivity index (χ1) is 9.86. The molecule has 2 aromatic rings. The Kier molecular flexibility index (Phi) is 3.92. The molecule has 20 heavy (non-hydrogen) atoms. The smallest absolute Gasteiger partial charge is 0.213 e. The van der Waals surface area contributed by atoms with Crippen LogP contribution >= 0.6 is 0 Å². The number of aromatic nitrogens is 2. The summed E-state index contributed by atoms with van der Waals surface area (Å²) < 4.78 is 5.19. The van der Waals surface area contributed by atoms with Crippen molar-refractivity contribution < 1.29 is 4.74 Å². The Hall–Kier alpha value is -1.94. The monoisotopic (exact) mass is 269 g/mol. The summed E-state index contributed by atoms with van der Waals surface area (Å²) in [5, 5.41) is 0. The van der Waals surface area contributed by atoms with E-state index in [1.807, 2.05) is 30.6 Å². The molecule has 4 nitrogen and oxygen atoms in total. The molecule has 0 saturated carbocycles. The van der Waals surface area contributed by atoms with Gasteiger partial charge in [-0.3, -0.25) is 9.88 Å². The molecule has 1 atom stereocenters. The van der Waals surface area contributed by atoms with E-state index >= 15 is 0 Å². The fourth-order valence-electron chi connectivity index (χ4n) is 2.83. The van der Waals surface area contributed by atoms with E-state index in [2.05, 4.69) is 27.0 Å². The van der Waals surface area contributed by atoms with Gasteiger partial charge in [-0.15, -0.1) is 0 Å². The molecule has 0 aromatic carbocycles. The van der Waals surface area contributed by atoms with Crippen molar-refractivity contribution in [3.05, 3.63) is 54.0 Å². The third kappa shape index (κ3) is 2.80. The highest BCUT2D eigenvalue weighted by Gasteiger charge is 2.26. The Balaban J connectivity index is 1.76. The fraction of sp³-hybridized carbons (Fsp3) is 0.375. The molecule has 1 fully saturated rings. The lowest BCUT2D eigenvalue weighted by molar-refractivity contribution is 0.244. The van der Waals surface area contributed by atoms with Gasteiger partial charge < -0.3 is 4.74 Å². The van der Waals surface area contributed by atoms with Gasteiger partial charge in [-0.2, -0.15) is 0 Å². The van der Waals surface area contributed by atoms with Gasteiger partial charge in [0, 0.05) is 31.0 Å². The van der Waals surface area contributed by atoms with E-state index in [1.54, 1.807) is 7.11 Å². The van der Waals surface area contributed by atoms with Crippen LogP contribution in [0, 0.1) is 0 Å². The van der Waals surface area contributed by atoms with Gasteiger partial charge in [0.25, 0.3) is 0 Å². The fourth-order valence-corrected chi connectivity index (χ4v) is 2.83. The zero-order chi connectivity index (χ0) is 13.8. The van der Waals surface area contributed by atoms with E-state index in [9.17, 15) is 0 Å². The molecule has 3 rings (SSSR count). The Morgan fingerprint density at radius 2 is 2.25 bits per heavy atom. The third-order valence-electron chi connectivity index (χ3n) is 3.79.